The normalized spacial score (nSPS) is 9.65. The molecule has 1 aromatic heterocycles. The SMILES string of the molecule is C#CCN(CC(=O)O)C(=O)c1ccc(CC)o1. The smallest absolute Gasteiger partial charge is 0.323 e. The Hall–Kier alpha value is -2.22. The number of terminal acetylenes is 1. The molecule has 1 aromatic rings. The second-order valence-electron chi connectivity index (χ2n) is 3.38. The Bertz CT molecular complexity index is 455. The lowest BCUT2D eigenvalue weighted by molar-refractivity contribution is -0.137. The van der Waals surface area contributed by atoms with E-state index < -0.39 is 18.4 Å². The standard InChI is InChI=1S/C12H13NO4/c1-3-7-13(8-11(14)15)12(16)10-6-5-9(4-2)17-10/h1,5-6H,4,7-8H2,2H3,(H,14,15). The maximum atomic E-state index is 11.9. The number of carboxylic acids is 1. The van der Waals surface area contributed by atoms with Crippen molar-refractivity contribution in [1.29, 1.82) is 0 Å². The summed E-state index contributed by atoms with van der Waals surface area (Å²) in [7, 11) is 0. The molecular formula is C12H13NO4. The van der Waals surface area contributed by atoms with Gasteiger partial charge in [-0.3, -0.25) is 9.59 Å². The predicted molar refractivity (Wildman–Crippen MR) is 60.5 cm³/mol. The molecule has 0 unspecified atom stereocenters. The van der Waals surface area contributed by atoms with Gasteiger partial charge in [-0.25, -0.2) is 0 Å². The van der Waals surface area contributed by atoms with Crippen molar-refractivity contribution in [3.63, 3.8) is 0 Å². The zero-order chi connectivity index (χ0) is 12.8. The van der Waals surface area contributed by atoms with Gasteiger partial charge in [-0.15, -0.1) is 6.42 Å². The van der Waals surface area contributed by atoms with E-state index in [0.717, 1.165) is 4.90 Å². The summed E-state index contributed by atoms with van der Waals surface area (Å²) in [5.41, 5.74) is 0. The Morgan fingerprint density at radius 2 is 2.24 bits per heavy atom. The summed E-state index contributed by atoms with van der Waals surface area (Å²) in [6.07, 6.45) is 5.75. The van der Waals surface area contributed by atoms with E-state index >= 15 is 0 Å². The number of rotatable bonds is 5. The number of hydrogen-bond acceptors (Lipinski definition) is 3. The fourth-order valence-electron chi connectivity index (χ4n) is 1.31. The van der Waals surface area contributed by atoms with Crippen molar-refractivity contribution in [3.05, 3.63) is 23.7 Å². The number of amides is 1. The van der Waals surface area contributed by atoms with Gasteiger partial charge in [-0.1, -0.05) is 12.8 Å². The summed E-state index contributed by atoms with van der Waals surface area (Å²) in [6.45, 7) is 1.39. The number of aryl methyl sites for hydroxylation is 1. The van der Waals surface area contributed by atoms with Crippen molar-refractivity contribution >= 4 is 11.9 Å². The molecule has 0 atom stereocenters. The van der Waals surface area contributed by atoms with Gasteiger partial charge in [0, 0.05) is 6.42 Å². The average molecular weight is 235 g/mol. The Morgan fingerprint density at radius 1 is 1.53 bits per heavy atom. The van der Waals surface area contributed by atoms with E-state index in [-0.39, 0.29) is 12.3 Å². The lowest BCUT2D eigenvalue weighted by atomic mass is 10.3. The van der Waals surface area contributed by atoms with E-state index in [2.05, 4.69) is 5.92 Å². The number of carbonyl (C=O) groups excluding carboxylic acids is 1. The second kappa shape index (κ2) is 5.75. The summed E-state index contributed by atoms with van der Waals surface area (Å²) >= 11 is 0. The highest BCUT2D eigenvalue weighted by molar-refractivity contribution is 5.93. The third-order valence-electron chi connectivity index (χ3n) is 2.12. The van der Waals surface area contributed by atoms with Crippen molar-refractivity contribution < 1.29 is 19.1 Å². The van der Waals surface area contributed by atoms with Gasteiger partial charge in [0.05, 0.1) is 6.54 Å². The Balaban J connectivity index is 2.83. The molecule has 1 rings (SSSR count). The highest BCUT2D eigenvalue weighted by Crippen LogP contribution is 2.11. The van der Waals surface area contributed by atoms with Crippen LogP contribution in [0.2, 0.25) is 0 Å². The first-order valence-corrected chi connectivity index (χ1v) is 5.11. The van der Waals surface area contributed by atoms with Crippen LogP contribution in [0.5, 0.6) is 0 Å². The van der Waals surface area contributed by atoms with Gasteiger partial charge >= 0.3 is 5.97 Å². The lowest BCUT2D eigenvalue weighted by Gasteiger charge is -2.15. The molecule has 0 fully saturated rings. The highest BCUT2D eigenvalue weighted by Gasteiger charge is 2.20. The van der Waals surface area contributed by atoms with Crippen LogP contribution in [0.25, 0.3) is 0 Å². The fraction of sp³-hybridized carbons (Fsp3) is 0.333. The molecule has 1 N–H and O–H groups in total. The molecule has 0 spiro atoms. The van der Waals surface area contributed by atoms with Crippen molar-refractivity contribution in [1.82, 2.24) is 4.90 Å². The largest absolute Gasteiger partial charge is 0.480 e. The monoisotopic (exact) mass is 235 g/mol. The summed E-state index contributed by atoms with van der Waals surface area (Å²) in [6, 6.07) is 3.20. The molecule has 0 aliphatic rings. The molecule has 5 nitrogen and oxygen atoms in total. The maximum Gasteiger partial charge on any atom is 0.323 e. The summed E-state index contributed by atoms with van der Waals surface area (Å²) in [4.78, 5) is 23.5. The van der Waals surface area contributed by atoms with Crippen molar-refractivity contribution in [3.8, 4) is 12.3 Å². The Labute approximate surface area is 99.0 Å². The minimum Gasteiger partial charge on any atom is -0.480 e. The molecular weight excluding hydrogens is 222 g/mol. The molecule has 0 bridgehead atoms. The molecule has 17 heavy (non-hydrogen) atoms. The molecule has 1 amide bonds. The number of carboxylic acid groups (broad SMARTS) is 1. The number of furan rings is 1. The van der Waals surface area contributed by atoms with E-state index in [1.54, 1.807) is 6.07 Å². The van der Waals surface area contributed by atoms with Gasteiger partial charge in [-0.05, 0) is 12.1 Å². The fourth-order valence-corrected chi connectivity index (χ4v) is 1.31. The van der Waals surface area contributed by atoms with Gasteiger partial charge in [0.25, 0.3) is 5.91 Å². The van der Waals surface area contributed by atoms with E-state index in [4.69, 9.17) is 15.9 Å². The topological polar surface area (TPSA) is 70.8 Å². The Morgan fingerprint density at radius 3 is 2.71 bits per heavy atom. The van der Waals surface area contributed by atoms with Crippen molar-refractivity contribution in [2.75, 3.05) is 13.1 Å². The van der Waals surface area contributed by atoms with Gasteiger partial charge in [-0.2, -0.15) is 0 Å². The van der Waals surface area contributed by atoms with Gasteiger partial charge in [0.1, 0.15) is 12.3 Å². The minimum atomic E-state index is -1.11. The first-order chi connectivity index (χ1) is 8.08. The van der Waals surface area contributed by atoms with Crippen LogP contribution in [0.4, 0.5) is 0 Å². The molecule has 0 saturated carbocycles. The molecule has 5 heteroatoms. The van der Waals surface area contributed by atoms with Gasteiger partial charge in [0.15, 0.2) is 5.76 Å². The van der Waals surface area contributed by atoms with Crippen LogP contribution < -0.4 is 0 Å². The number of nitrogens with zero attached hydrogens (tertiary/aromatic N) is 1. The molecule has 90 valence electrons. The average Bonchev–Trinajstić information content (AvgIpc) is 2.75. The van der Waals surface area contributed by atoms with Gasteiger partial charge in [0.2, 0.25) is 0 Å². The molecule has 1 heterocycles. The van der Waals surface area contributed by atoms with Crippen molar-refractivity contribution in [2.24, 2.45) is 0 Å². The van der Waals surface area contributed by atoms with Crippen LogP contribution in [0.3, 0.4) is 0 Å². The summed E-state index contributed by atoms with van der Waals surface area (Å²) in [5, 5.41) is 8.66. The van der Waals surface area contributed by atoms with Crippen molar-refractivity contribution in [2.45, 2.75) is 13.3 Å². The lowest BCUT2D eigenvalue weighted by Crippen LogP contribution is -2.35. The third-order valence-corrected chi connectivity index (χ3v) is 2.12. The number of aliphatic carboxylic acids is 1. The quantitative estimate of drug-likeness (QED) is 0.773. The molecule has 0 aliphatic carbocycles. The molecule has 0 aliphatic heterocycles. The maximum absolute atomic E-state index is 11.9. The highest BCUT2D eigenvalue weighted by atomic mass is 16.4. The van der Waals surface area contributed by atoms with Crippen LogP contribution >= 0.6 is 0 Å². The first kappa shape index (κ1) is 12.8. The van der Waals surface area contributed by atoms with E-state index in [0.29, 0.717) is 12.2 Å². The third kappa shape index (κ3) is 3.38. The van der Waals surface area contributed by atoms with E-state index in [1.807, 2.05) is 6.92 Å². The van der Waals surface area contributed by atoms with Crippen LogP contribution in [-0.2, 0) is 11.2 Å². The molecule has 0 saturated heterocycles. The van der Waals surface area contributed by atoms with E-state index in [1.165, 1.54) is 6.07 Å². The molecule has 0 radical (unpaired) electrons. The number of hydrogen-bond donors (Lipinski definition) is 1. The summed E-state index contributed by atoms with van der Waals surface area (Å²) < 4.78 is 5.25. The molecule has 0 aromatic carbocycles. The second-order valence-corrected chi connectivity index (χ2v) is 3.38. The zero-order valence-electron chi connectivity index (χ0n) is 9.47. The zero-order valence-corrected chi connectivity index (χ0v) is 9.47. The van der Waals surface area contributed by atoms with E-state index in [9.17, 15) is 9.59 Å². The minimum absolute atomic E-state index is 0.0622. The summed E-state index contributed by atoms with van der Waals surface area (Å²) in [5.74, 6) is 1.40. The van der Waals surface area contributed by atoms with Gasteiger partial charge < -0.3 is 14.4 Å². The van der Waals surface area contributed by atoms with Crippen LogP contribution in [-0.4, -0.2) is 35.0 Å². The van der Waals surface area contributed by atoms with Crippen LogP contribution in [0, 0.1) is 12.3 Å². The first-order valence-electron chi connectivity index (χ1n) is 5.11. The number of carbonyl (C=O) groups is 2. The van der Waals surface area contributed by atoms with Crippen LogP contribution in [0.15, 0.2) is 16.5 Å². The Kier molecular flexibility index (Phi) is 4.35. The van der Waals surface area contributed by atoms with Crippen LogP contribution in [0.1, 0.15) is 23.2 Å². The predicted octanol–water partition coefficient (Wildman–Crippen LogP) is 1.00.